The van der Waals surface area contributed by atoms with Gasteiger partial charge < -0.3 is 0 Å². The van der Waals surface area contributed by atoms with Crippen LogP contribution >= 0.6 is 23.2 Å². The molecule has 1 fully saturated rings. The van der Waals surface area contributed by atoms with Crippen molar-refractivity contribution in [1.29, 1.82) is 0 Å². The van der Waals surface area contributed by atoms with Gasteiger partial charge in [-0.3, -0.25) is 0 Å². The van der Waals surface area contributed by atoms with Gasteiger partial charge in [0.2, 0.25) is 0 Å². The largest absolute Gasteiger partial charge is 0.207 e. The second-order valence-corrected chi connectivity index (χ2v) is 5.95. The quantitative estimate of drug-likeness (QED) is 0.667. The molecule has 0 bridgehead atoms. The standard InChI is InChI=1S/C15H19Cl2F/c16-10-15(11-17,13-3-1-2-4-13)9-12-5-7-14(18)8-6-12/h5-8,13H,1-4,9-11H2. The van der Waals surface area contributed by atoms with E-state index in [0.717, 1.165) is 12.0 Å². The second kappa shape index (κ2) is 6.25. The van der Waals surface area contributed by atoms with E-state index in [4.69, 9.17) is 23.2 Å². The Bertz CT molecular complexity index is 365. The molecule has 2 rings (SSSR count). The van der Waals surface area contributed by atoms with Crippen molar-refractivity contribution in [2.45, 2.75) is 32.1 Å². The number of benzene rings is 1. The maximum Gasteiger partial charge on any atom is 0.123 e. The maximum absolute atomic E-state index is 12.9. The van der Waals surface area contributed by atoms with Gasteiger partial charge in [0.25, 0.3) is 0 Å². The van der Waals surface area contributed by atoms with E-state index in [-0.39, 0.29) is 11.2 Å². The summed E-state index contributed by atoms with van der Waals surface area (Å²) >= 11 is 12.5. The number of rotatable bonds is 5. The van der Waals surface area contributed by atoms with Crippen LogP contribution in [0.5, 0.6) is 0 Å². The van der Waals surface area contributed by atoms with Crippen LogP contribution in [0.4, 0.5) is 4.39 Å². The lowest BCUT2D eigenvalue weighted by Gasteiger charge is -2.36. The predicted octanol–water partition coefficient (Wildman–Crippen LogP) is 5.02. The van der Waals surface area contributed by atoms with Crippen LogP contribution in [-0.2, 0) is 6.42 Å². The monoisotopic (exact) mass is 288 g/mol. The molecule has 0 unspecified atom stereocenters. The van der Waals surface area contributed by atoms with Gasteiger partial charge in [0.1, 0.15) is 5.82 Å². The molecule has 0 spiro atoms. The summed E-state index contributed by atoms with van der Waals surface area (Å²) in [6.45, 7) is 0. The lowest BCUT2D eigenvalue weighted by molar-refractivity contribution is 0.225. The first-order valence-electron chi connectivity index (χ1n) is 6.56. The molecular weight excluding hydrogens is 270 g/mol. The molecule has 0 atom stereocenters. The molecule has 0 aromatic heterocycles. The highest BCUT2D eigenvalue weighted by Gasteiger charge is 2.38. The predicted molar refractivity (Wildman–Crippen MR) is 75.9 cm³/mol. The van der Waals surface area contributed by atoms with Crippen molar-refractivity contribution in [1.82, 2.24) is 0 Å². The molecule has 1 aromatic carbocycles. The van der Waals surface area contributed by atoms with Gasteiger partial charge >= 0.3 is 0 Å². The van der Waals surface area contributed by atoms with Crippen LogP contribution < -0.4 is 0 Å². The fourth-order valence-corrected chi connectivity index (χ4v) is 3.95. The van der Waals surface area contributed by atoms with E-state index in [1.165, 1.54) is 37.8 Å². The molecule has 18 heavy (non-hydrogen) atoms. The van der Waals surface area contributed by atoms with E-state index in [2.05, 4.69) is 0 Å². The van der Waals surface area contributed by atoms with Gasteiger partial charge in [0.15, 0.2) is 0 Å². The van der Waals surface area contributed by atoms with Crippen LogP contribution in [0, 0.1) is 17.2 Å². The highest BCUT2D eigenvalue weighted by Crippen LogP contribution is 2.44. The highest BCUT2D eigenvalue weighted by molar-refractivity contribution is 6.21. The third kappa shape index (κ3) is 3.00. The fourth-order valence-electron chi connectivity index (χ4n) is 3.04. The Morgan fingerprint density at radius 1 is 1.06 bits per heavy atom. The Balaban J connectivity index is 2.16. The van der Waals surface area contributed by atoms with Crippen molar-refractivity contribution in [3.05, 3.63) is 35.6 Å². The number of alkyl halides is 2. The molecule has 0 amide bonds. The van der Waals surface area contributed by atoms with E-state index < -0.39 is 0 Å². The zero-order valence-electron chi connectivity index (χ0n) is 10.5. The van der Waals surface area contributed by atoms with Crippen molar-refractivity contribution in [2.75, 3.05) is 11.8 Å². The van der Waals surface area contributed by atoms with Gasteiger partial charge in [-0.05, 0) is 42.9 Å². The van der Waals surface area contributed by atoms with Crippen molar-refractivity contribution >= 4 is 23.2 Å². The van der Waals surface area contributed by atoms with Crippen molar-refractivity contribution in [2.24, 2.45) is 11.3 Å². The SMILES string of the molecule is Fc1ccc(CC(CCl)(CCl)C2CCCC2)cc1. The van der Waals surface area contributed by atoms with E-state index in [1.807, 2.05) is 12.1 Å². The average molecular weight is 289 g/mol. The molecule has 1 aliphatic carbocycles. The smallest absolute Gasteiger partial charge is 0.123 e. The summed E-state index contributed by atoms with van der Waals surface area (Å²) in [7, 11) is 0. The Labute approximate surface area is 118 Å². The molecule has 0 radical (unpaired) electrons. The second-order valence-electron chi connectivity index (χ2n) is 5.41. The van der Waals surface area contributed by atoms with Crippen LogP contribution in [0.3, 0.4) is 0 Å². The normalized spacial score (nSPS) is 17.3. The molecule has 1 aromatic rings. The van der Waals surface area contributed by atoms with Gasteiger partial charge in [0.05, 0.1) is 0 Å². The van der Waals surface area contributed by atoms with E-state index in [1.54, 1.807) is 0 Å². The first-order valence-corrected chi connectivity index (χ1v) is 7.63. The third-order valence-corrected chi connectivity index (χ3v) is 5.29. The Kier molecular flexibility index (Phi) is 4.91. The van der Waals surface area contributed by atoms with Crippen LogP contribution in [0.25, 0.3) is 0 Å². The molecule has 1 aliphatic rings. The summed E-state index contributed by atoms with van der Waals surface area (Å²) in [6, 6.07) is 6.71. The molecule has 1 saturated carbocycles. The first-order chi connectivity index (χ1) is 8.70. The van der Waals surface area contributed by atoms with Crippen molar-refractivity contribution < 1.29 is 4.39 Å². The first kappa shape index (κ1) is 14.1. The average Bonchev–Trinajstić information content (AvgIpc) is 2.93. The van der Waals surface area contributed by atoms with Crippen LogP contribution in [0.15, 0.2) is 24.3 Å². The summed E-state index contributed by atoms with van der Waals surface area (Å²) in [6.07, 6.45) is 5.86. The molecule has 0 heterocycles. The van der Waals surface area contributed by atoms with Crippen molar-refractivity contribution in [3.63, 3.8) is 0 Å². The van der Waals surface area contributed by atoms with Gasteiger partial charge in [-0.15, -0.1) is 23.2 Å². The lowest BCUT2D eigenvalue weighted by Crippen LogP contribution is -2.35. The Hall–Kier alpha value is -0.270. The maximum atomic E-state index is 12.9. The van der Waals surface area contributed by atoms with Crippen LogP contribution in [0.1, 0.15) is 31.2 Å². The van der Waals surface area contributed by atoms with E-state index in [0.29, 0.717) is 17.7 Å². The summed E-state index contributed by atoms with van der Waals surface area (Å²) in [5.41, 5.74) is 1.10. The van der Waals surface area contributed by atoms with Gasteiger partial charge in [-0.1, -0.05) is 25.0 Å². The minimum absolute atomic E-state index is 0.0303. The molecule has 0 aliphatic heterocycles. The number of hydrogen-bond donors (Lipinski definition) is 0. The minimum atomic E-state index is -0.193. The Morgan fingerprint density at radius 2 is 1.61 bits per heavy atom. The molecule has 0 saturated heterocycles. The summed E-state index contributed by atoms with van der Waals surface area (Å²) in [5.74, 6) is 1.58. The van der Waals surface area contributed by atoms with Crippen molar-refractivity contribution in [3.8, 4) is 0 Å². The molecule has 0 N–H and O–H groups in total. The van der Waals surface area contributed by atoms with E-state index in [9.17, 15) is 4.39 Å². The fraction of sp³-hybridized carbons (Fsp3) is 0.600. The topological polar surface area (TPSA) is 0 Å². The van der Waals surface area contributed by atoms with Crippen LogP contribution in [-0.4, -0.2) is 11.8 Å². The minimum Gasteiger partial charge on any atom is -0.207 e. The number of halogens is 3. The molecule has 0 nitrogen and oxygen atoms in total. The van der Waals surface area contributed by atoms with Gasteiger partial charge in [-0.2, -0.15) is 0 Å². The summed E-state index contributed by atoms with van der Waals surface area (Å²) in [4.78, 5) is 0. The Morgan fingerprint density at radius 3 is 2.11 bits per heavy atom. The molecule has 100 valence electrons. The lowest BCUT2D eigenvalue weighted by atomic mass is 9.73. The number of hydrogen-bond acceptors (Lipinski definition) is 0. The molecule has 3 heteroatoms. The van der Waals surface area contributed by atoms with E-state index >= 15 is 0 Å². The highest BCUT2D eigenvalue weighted by atomic mass is 35.5. The zero-order valence-corrected chi connectivity index (χ0v) is 12.0. The summed E-state index contributed by atoms with van der Waals surface area (Å²) < 4.78 is 12.9. The zero-order chi connectivity index (χ0) is 13.0. The molecular formula is C15H19Cl2F. The van der Waals surface area contributed by atoms with Gasteiger partial charge in [-0.25, -0.2) is 4.39 Å². The summed E-state index contributed by atoms with van der Waals surface area (Å²) in [5, 5.41) is 0. The third-order valence-electron chi connectivity index (χ3n) is 4.22. The van der Waals surface area contributed by atoms with Gasteiger partial charge in [0, 0.05) is 17.2 Å². The van der Waals surface area contributed by atoms with Crippen LogP contribution in [0.2, 0.25) is 0 Å².